The second-order valence-corrected chi connectivity index (χ2v) is 5.26. The van der Waals surface area contributed by atoms with Gasteiger partial charge in [0.15, 0.2) is 0 Å². The van der Waals surface area contributed by atoms with E-state index >= 15 is 0 Å². The zero-order valence-corrected chi connectivity index (χ0v) is 12.8. The van der Waals surface area contributed by atoms with Crippen LogP contribution in [0.25, 0.3) is 0 Å². The van der Waals surface area contributed by atoms with Gasteiger partial charge in [0.05, 0.1) is 19.1 Å². The van der Waals surface area contributed by atoms with Gasteiger partial charge in [-0.05, 0) is 37.6 Å². The maximum Gasteiger partial charge on any atom is 0.305 e. The molecule has 0 radical (unpaired) electrons. The maximum atomic E-state index is 12.6. The summed E-state index contributed by atoms with van der Waals surface area (Å²) in [5.41, 5.74) is 0.524. The standard InChI is InChI=1S/C16H21NO5/c1-3-22-13-6-4-11(5-7-13)16(20)17-10-14(21-2)8-12(17)9-15(18)19/h4-7,12,14H,3,8-10H2,1-2H3,(H,18,19). The van der Waals surface area contributed by atoms with Crippen molar-refractivity contribution in [3.63, 3.8) is 0 Å². The highest BCUT2D eigenvalue weighted by molar-refractivity contribution is 5.95. The van der Waals surface area contributed by atoms with Gasteiger partial charge in [0.25, 0.3) is 5.91 Å². The van der Waals surface area contributed by atoms with Gasteiger partial charge in [-0.3, -0.25) is 9.59 Å². The molecule has 1 aliphatic rings. The summed E-state index contributed by atoms with van der Waals surface area (Å²) in [6.45, 7) is 2.88. The Hall–Kier alpha value is -2.08. The number of rotatable bonds is 6. The molecule has 6 nitrogen and oxygen atoms in total. The number of carbonyl (C=O) groups is 2. The molecule has 0 saturated carbocycles. The Labute approximate surface area is 129 Å². The summed E-state index contributed by atoms with van der Waals surface area (Å²) in [7, 11) is 1.58. The predicted molar refractivity (Wildman–Crippen MR) is 80.1 cm³/mol. The van der Waals surface area contributed by atoms with Crippen LogP contribution >= 0.6 is 0 Å². The first-order valence-corrected chi connectivity index (χ1v) is 7.33. The number of methoxy groups -OCH3 is 1. The molecule has 2 unspecified atom stereocenters. The van der Waals surface area contributed by atoms with E-state index in [0.717, 1.165) is 0 Å². The molecule has 2 atom stereocenters. The topological polar surface area (TPSA) is 76.1 Å². The molecule has 1 heterocycles. The third-order valence-corrected chi connectivity index (χ3v) is 3.79. The van der Waals surface area contributed by atoms with Gasteiger partial charge >= 0.3 is 5.97 Å². The molecule has 1 N–H and O–H groups in total. The Kier molecular flexibility index (Phi) is 5.38. The summed E-state index contributed by atoms with van der Waals surface area (Å²) < 4.78 is 10.6. The quantitative estimate of drug-likeness (QED) is 0.867. The van der Waals surface area contributed by atoms with E-state index in [-0.39, 0.29) is 24.5 Å². The number of hydrogen-bond acceptors (Lipinski definition) is 4. The van der Waals surface area contributed by atoms with Crippen molar-refractivity contribution in [2.45, 2.75) is 31.9 Å². The van der Waals surface area contributed by atoms with Crippen LogP contribution in [0.2, 0.25) is 0 Å². The summed E-state index contributed by atoms with van der Waals surface area (Å²) in [6.07, 6.45) is 0.366. The summed E-state index contributed by atoms with van der Waals surface area (Å²) in [4.78, 5) is 25.2. The first-order chi connectivity index (χ1) is 10.5. The molecule has 1 fully saturated rings. The number of carboxylic acid groups (broad SMARTS) is 1. The highest BCUT2D eigenvalue weighted by Gasteiger charge is 2.36. The number of amides is 1. The molecule has 1 aromatic carbocycles. The number of likely N-dealkylation sites (tertiary alicyclic amines) is 1. The lowest BCUT2D eigenvalue weighted by molar-refractivity contribution is -0.137. The first-order valence-electron chi connectivity index (χ1n) is 7.33. The Morgan fingerprint density at radius 3 is 2.55 bits per heavy atom. The number of carboxylic acids is 1. The summed E-state index contributed by atoms with van der Waals surface area (Å²) in [5, 5.41) is 9.00. The number of ether oxygens (including phenoxy) is 2. The Morgan fingerprint density at radius 2 is 2.00 bits per heavy atom. The molecule has 120 valence electrons. The van der Waals surface area contributed by atoms with Gasteiger partial charge in [0, 0.05) is 25.3 Å². The van der Waals surface area contributed by atoms with Crippen molar-refractivity contribution in [2.75, 3.05) is 20.3 Å². The van der Waals surface area contributed by atoms with Gasteiger partial charge in [-0.15, -0.1) is 0 Å². The van der Waals surface area contributed by atoms with E-state index in [1.54, 1.807) is 36.3 Å². The molecule has 22 heavy (non-hydrogen) atoms. The minimum absolute atomic E-state index is 0.0668. The average Bonchev–Trinajstić information content (AvgIpc) is 2.90. The van der Waals surface area contributed by atoms with Gasteiger partial charge in [-0.25, -0.2) is 0 Å². The number of benzene rings is 1. The Balaban J connectivity index is 2.13. The third kappa shape index (κ3) is 3.76. The Bertz CT molecular complexity index is 528. The van der Waals surface area contributed by atoms with Gasteiger partial charge in [-0.2, -0.15) is 0 Å². The van der Waals surface area contributed by atoms with Crippen molar-refractivity contribution in [2.24, 2.45) is 0 Å². The SMILES string of the molecule is CCOc1ccc(C(=O)N2CC(OC)CC2CC(=O)O)cc1. The second-order valence-electron chi connectivity index (χ2n) is 5.26. The molecule has 0 aromatic heterocycles. The van der Waals surface area contributed by atoms with Crippen molar-refractivity contribution in [3.05, 3.63) is 29.8 Å². The van der Waals surface area contributed by atoms with Crippen LogP contribution in [0.1, 0.15) is 30.1 Å². The fourth-order valence-corrected chi connectivity index (χ4v) is 2.71. The summed E-state index contributed by atoms with van der Waals surface area (Å²) >= 11 is 0. The molecular formula is C16H21NO5. The third-order valence-electron chi connectivity index (χ3n) is 3.79. The van der Waals surface area contributed by atoms with E-state index in [9.17, 15) is 9.59 Å². The van der Waals surface area contributed by atoms with Gasteiger partial charge in [0.1, 0.15) is 5.75 Å². The van der Waals surface area contributed by atoms with E-state index < -0.39 is 5.97 Å². The molecule has 6 heteroatoms. The van der Waals surface area contributed by atoms with Crippen LogP contribution < -0.4 is 4.74 Å². The molecule has 1 saturated heterocycles. The molecule has 0 spiro atoms. The molecule has 0 aliphatic carbocycles. The molecule has 1 aliphatic heterocycles. The normalized spacial score (nSPS) is 20.9. The van der Waals surface area contributed by atoms with Crippen molar-refractivity contribution >= 4 is 11.9 Å². The second kappa shape index (κ2) is 7.26. The van der Waals surface area contributed by atoms with Crippen LogP contribution in [0.3, 0.4) is 0 Å². The van der Waals surface area contributed by atoms with E-state index in [0.29, 0.717) is 30.9 Å². The van der Waals surface area contributed by atoms with Gasteiger partial charge in [-0.1, -0.05) is 0 Å². The monoisotopic (exact) mass is 307 g/mol. The van der Waals surface area contributed by atoms with Crippen LogP contribution in [-0.4, -0.2) is 54.3 Å². The highest BCUT2D eigenvalue weighted by atomic mass is 16.5. The zero-order chi connectivity index (χ0) is 16.1. The molecular weight excluding hydrogens is 286 g/mol. The lowest BCUT2D eigenvalue weighted by atomic mass is 10.1. The number of carbonyl (C=O) groups excluding carboxylic acids is 1. The van der Waals surface area contributed by atoms with E-state index in [1.165, 1.54) is 0 Å². The number of aliphatic carboxylic acids is 1. The minimum atomic E-state index is -0.911. The van der Waals surface area contributed by atoms with E-state index in [1.807, 2.05) is 6.92 Å². The maximum absolute atomic E-state index is 12.6. The lowest BCUT2D eigenvalue weighted by Crippen LogP contribution is -2.37. The number of nitrogens with zero attached hydrogens (tertiary/aromatic N) is 1. The zero-order valence-electron chi connectivity index (χ0n) is 12.8. The van der Waals surface area contributed by atoms with Gasteiger partial charge in [0.2, 0.25) is 0 Å². The van der Waals surface area contributed by atoms with E-state index in [2.05, 4.69) is 0 Å². The number of hydrogen-bond donors (Lipinski definition) is 1. The average molecular weight is 307 g/mol. The van der Waals surface area contributed by atoms with Crippen molar-refractivity contribution in [1.29, 1.82) is 0 Å². The van der Waals surface area contributed by atoms with Crippen LogP contribution in [0, 0.1) is 0 Å². The predicted octanol–water partition coefficient (Wildman–Crippen LogP) is 1.79. The van der Waals surface area contributed by atoms with Crippen molar-refractivity contribution < 1.29 is 24.2 Å². The molecule has 1 aromatic rings. The van der Waals surface area contributed by atoms with Gasteiger partial charge < -0.3 is 19.5 Å². The molecule has 0 bridgehead atoms. The molecule has 2 rings (SSSR count). The van der Waals surface area contributed by atoms with Crippen molar-refractivity contribution in [1.82, 2.24) is 4.90 Å². The Morgan fingerprint density at radius 1 is 1.32 bits per heavy atom. The molecule has 1 amide bonds. The van der Waals surface area contributed by atoms with Crippen LogP contribution in [-0.2, 0) is 9.53 Å². The minimum Gasteiger partial charge on any atom is -0.494 e. The van der Waals surface area contributed by atoms with Crippen LogP contribution in [0.4, 0.5) is 0 Å². The smallest absolute Gasteiger partial charge is 0.305 e. The van der Waals surface area contributed by atoms with Crippen molar-refractivity contribution in [3.8, 4) is 5.75 Å². The first kappa shape index (κ1) is 16.3. The summed E-state index contributed by atoms with van der Waals surface area (Å²) in [6, 6.07) is 6.55. The summed E-state index contributed by atoms with van der Waals surface area (Å²) in [5.74, 6) is -0.377. The van der Waals surface area contributed by atoms with Crippen LogP contribution in [0.15, 0.2) is 24.3 Å². The van der Waals surface area contributed by atoms with Crippen LogP contribution in [0.5, 0.6) is 5.75 Å². The fourth-order valence-electron chi connectivity index (χ4n) is 2.71. The highest BCUT2D eigenvalue weighted by Crippen LogP contribution is 2.25. The lowest BCUT2D eigenvalue weighted by Gasteiger charge is -2.23. The fraction of sp³-hybridized carbons (Fsp3) is 0.500. The largest absolute Gasteiger partial charge is 0.494 e. The van der Waals surface area contributed by atoms with E-state index in [4.69, 9.17) is 14.6 Å².